The highest BCUT2D eigenvalue weighted by atomic mass is 19.1. The molecule has 1 saturated heterocycles. The molecule has 1 aliphatic rings. The highest BCUT2D eigenvalue weighted by molar-refractivity contribution is 5.72. The molecule has 1 atom stereocenters. The van der Waals surface area contributed by atoms with Crippen molar-refractivity contribution in [1.29, 1.82) is 0 Å². The van der Waals surface area contributed by atoms with Crippen molar-refractivity contribution in [1.82, 2.24) is 9.80 Å². The van der Waals surface area contributed by atoms with Crippen LogP contribution in [0.4, 0.5) is 8.78 Å². The topological polar surface area (TPSA) is 43.8 Å². The molecule has 1 heterocycles. The molecule has 0 aromatic heterocycles. The molecule has 0 bridgehead atoms. The van der Waals surface area contributed by atoms with Crippen LogP contribution in [0.1, 0.15) is 12.5 Å². The molecule has 1 N–H and O–H groups in total. The summed E-state index contributed by atoms with van der Waals surface area (Å²) in [4.78, 5) is 14.8. The third-order valence-electron chi connectivity index (χ3n) is 3.71. The van der Waals surface area contributed by atoms with Crippen molar-refractivity contribution in [3.05, 3.63) is 35.4 Å². The zero-order chi connectivity index (χ0) is 14.7. The van der Waals surface area contributed by atoms with E-state index in [2.05, 4.69) is 0 Å². The lowest BCUT2D eigenvalue weighted by Gasteiger charge is -2.36. The van der Waals surface area contributed by atoms with E-state index in [0.717, 1.165) is 12.1 Å². The molecular formula is C14H18F2N2O2. The van der Waals surface area contributed by atoms with Crippen molar-refractivity contribution < 1.29 is 18.7 Å². The predicted molar refractivity (Wildman–Crippen MR) is 70.3 cm³/mol. The number of aliphatic carboxylic acids is 1. The van der Waals surface area contributed by atoms with Gasteiger partial charge in [-0.25, -0.2) is 8.78 Å². The Balaban J connectivity index is 1.91. The molecule has 0 radical (unpaired) electrons. The Labute approximate surface area is 116 Å². The number of benzene rings is 1. The summed E-state index contributed by atoms with van der Waals surface area (Å²) in [6.45, 7) is 4.53. The van der Waals surface area contributed by atoms with E-state index < -0.39 is 23.6 Å². The van der Waals surface area contributed by atoms with E-state index in [1.807, 2.05) is 9.80 Å². The number of nitrogens with zero attached hydrogens (tertiary/aromatic N) is 2. The molecule has 6 heteroatoms. The number of carboxylic acid groups (broad SMARTS) is 1. The SMILES string of the molecule is CC(C(=O)O)N1CCN(Cc2cc(F)ccc2F)CC1. The normalized spacial score (nSPS) is 18.9. The summed E-state index contributed by atoms with van der Waals surface area (Å²) in [6, 6.07) is 2.93. The van der Waals surface area contributed by atoms with Gasteiger partial charge in [-0.1, -0.05) is 0 Å². The Hall–Kier alpha value is -1.53. The van der Waals surface area contributed by atoms with Gasteiger partial charge in [-0.3, -0.25) is 14.6 Å². The van der Waals surface area contributed by atoms with Gasteiger partial charge >= 0.3 is 5.97 Å². The van der Waals surface area contributed by atoms with Crippen LogP contribution in [-0.2, 0) is 11.3 Å². The molecular weight excluding hydrogens is 266 g/mol. The van der Waals surface area contributed by atoms with Crippen molar-refractivity contribution >= 4 is 5.97 Å². The molecule has 0 saturated carbocycles. The molecule has 0 amide bonds. The fourth-order valence-electron chi connectivity index (χ4n) is 2.37. The number of hydrogen-bond acceptors (Lipinski definition) is 3. The van der Waals surface area contributed by atoms with Crippen molar-refractivity contribution in [2.75, 3.05) is 26.2 Å². The van der Waals surface area contributed by atoms with Gasteiger partial charge in [0.05, 0.1) is 0 Å². The van der Waals surface area contributed by atoms with Crippen molar-refractivity contribution in [3.63, 3.8) is 0 Å². The molecule has 4 nitrogen and oxygen atoms in total. The van der Waals surface area contributed by atoms with Gasteiger partial charge in [0.1, 0.15) is 17.7 Å². The molecule has 0 aliphatic carbocycles. The van der Waals surface area contributed by atoms with Crippen molar-refractivity contribution in [2.24, 2.45) is 0 Å². The van der Waals surface area contributed by atoms with E-state index >= 15 is 0 Å². The lowest BCUT2D eigenvalue weighted by atomic mass is 10.1. The molecule has 1 fully saturated rings. The number of carboxylic acids is 1. The molecule has 1 aromatic rings. The third-order valence-corrected chi connectivity index (χ3v) is 3.71. The van der Waals surface area contributed by atoms with E-state index in [0.29, 0.717) is 38.3 Å². The largest absolute Gasteiger partial charge is 0.480 e. The summed E-state index contributed by atoms with van der Waals surface area (Å²) >= 11 is 0. The zero-order valence-corrected chi connectivity index (χ0v) is 11.4. The van der Waals surface area contributed by atoms with Crippen LogP contribution in [0.15, 0.2) is 18.2 Å². The fourth-order valence-corrected chi connectivity index (χ4v) is 2.37. The van der Waals surface area contributed by atoms with Crippen LogP contribution in [0.5, 0.6) is 0 Å². The van der Waals surface area contributed by atoms with Gasteiger partial charge in [0.2, 0.25) is 0 Å². The third kappa shape index (κ3) is 3.52. The van der Waals surface area contributed by atoms with E-state index in [-0.39, 0.29) is 0 Å². The first kappa shape index (κ1) is 14.9. The van der Waals surface area contributed by atoms with Crippen molar-refractivity contribution in [2.45, 2.75) is 19.5 Å². The van der Waals surface area contributed by atoms with Crippen LogP contribution < -0.4 is 0 Å². The van der Waals surface area contributed by atoms with Crippen LogP contribution in [0.25, 0.3) is 0 Å². The van der Waals surface area contributed by atoms with Gasteiger partial charge in [-0.05, 0) is 25.1 Å². The second-order valence-electron chi connectivity index (χ2n) is 5.06. The van der Waals surface area contributed by atoms with Gasteiger partial charge in [0.25, 0.3) is 0 Å². The highest BCUT2D eigenvalue weighted by Crippen LogP contribution is 2.14. The Kier molecular flexibility index (Phi) is 4.67. The van der Waals surface area contributed by atoms with E-state index in [1.165, 1.54) is 6.07 Å². The lowest BCUT2D eigenvalue weighted by molar-refractivity contribution is -0.143. The molecule has 0 spiro atoms. The Morgan fingerprint density at radius 3 is 2.55 bits per heavy atom. The first-order valence-electron chi connectivity index (χ1n) is 6.60. The van der Waals surface area contributed by atoms with Crippen LogP contribution in [0, 0.1) is 11.6 Å². The summed E-state index contributed by atoms with van der Waals surface area (Å²) in [5.74, 6) is -1.69. The zero-order valence-electron chi connectivity index (χ0n) is 11.4. The second kappa shape index (κ2) is 6.28. The number of hydrogen-bond donors (Lipinski definition) is 1. The van der Waals surface area contributed by atoms with Crippen molar-refractivity contribution in [3.8, 4) is 0 Å². The molecule has 20 heavy (non-hydrogen) atoms. The van der Waals surface area contributed by atoms with Crippen LogP contribution in [0.2, 0.25) is 0 Å². The molecule has 2 rings (SSSR count). The summed E-state index contributed by atoms with van der Waals surface area (Å²) in [6.07, 6.45) is 0. The maximum Gasteiger partial charge on any atom is 0.320 e. The van der Waals surface area contributed by atoms with E-state index in [4.69, 9.17) is 5.11 Å². The smallest absolute Gasteiger partial charge is 0.320 e. The second-order valence-corrected chi connectivity index (χ2v) is 5.06. The minimum atomic E-state index is -0.838. The summed E-state index contributed by atoms with van der Waals surface area (Å²) < 4.78 is 26.7. The first-order valence-corrected chi connectivity index (χ1v) is 6.60. The number of rotatable bonds is 4. The van der Waals surface area contributed by atoms with E-state index in [9.17, 15) is 13.6 Å². The van der Waals surface area contributed by atoms with Gasteiger partial charge in [-0.2, -0.15) is 0 Å². The van der Waals surface area contributed by atoms with Crippen LogP contribution in [-0.4, -0.2) is 53.1 Å². The quantitative estimate of drug-likeness (QED) is 0.911. The number of carbonyl (C=O) groups is 1. The standard InChI is InChI=1S/C14H18F2N2O2/c1-10(14(19)20)18-6-4-17(5-7-18)9-11-8-12(15)2-3-13(11)16/h2-3,8,10H,4-7,9H2,1H3,(H,19,20). The number of halogens is 2. The van der Waals surface area contributed by atoms with E-state index in [1.54, 1.807) is 6.92 Å². The van der Waals surface area contributed by atoms with Gasteiger partial charge in [0.15, 0.2) is 0 Å². The maximum atomic E-state index is 13.6. The number of piperazine rings is 1. The van der Waals surface area contributed by atoms with Gasteiger partial charge < -0.3 is 5.11 Å². The Bertz CT molecular complexity index is 488. The Morgan fingerprint density at radius 2 is 1.95 bits per heavy atom. The minimum absolute atomic E-state index is 0.338. The fraction of sp³-hybridized carbons (Fsp3) is 0.500. The average Bonchev–Trinajstić information content (AvgIpc) is 2.43. The maximum absolute atomic E-state index is 13.6. The van der Waals surface area contributed by atoms with Crippen LogP contribution in [0.3, 0.4) is 0 Å². The minimum Gasteiger partial charge on any atom is -0.480 e. The summed E-state index contributed by atoms with van der Waals surface area (Å²) in [5.41, 5.74) is 0.338. The average molecular weight is 284 g/mol. The summed E-state index contributed by atoms with van der Waals surface area (Å²) in [5, 5.41) is 8.96. The van der Waals surface area contributed by atoms with Gasteiger partial charge in [-0.15, -0.1) is 0 Å². The molecule has 1 unspecified atom stereocenters. The van der Waals surface area contributed by atoms with Gasteiger partial charge in [0, 0.05) is 38.3 Å². The molecule has 1 aliphatic heterocycles. The monoisotopic (exact) mass is 284 g/mol. The highest BCUT2D eigenvalue weighted by Gasteiger charge is 2.25. The summed E-state index contributed by atoms with van der Waals surface area (Å²) in [7, 11) is 0. The Morgan fingerprint density at radius 1 is 1.30 bits per heavy atom. The molecule has 110 valence electrons. The molecule has 1 aromatic carbocycles. The van der Waals surface area contributed by atoms with Crippen LogP contribution >= 0.6 is 0 Å². The predicted octanol–water partition coefficient (Wildman–Crippen LogP) is 1.56. The first-order chi connectivity index (χ1) is 9.47. The lowest BCUT2D eigenvalue weighted by Crippen LogP contribution is -2.51.